The Hall–Kier alpha value is -12.6. The van der Waals surface area contributed by atoms with E-state index in [0.29, 0.717) is 53.3 Å². The number of carbonyl (C=O) groups is 15. The minimum Gasteiger partial charge on any atom is -0.508 e. The van der Waals surface area contributed by atoms with E-state index in [-0.39, 0.29) is 101 Å². The van der Waals surface area contributed by atoms with Gasteiger partial charge in [0.2, 0.25) is 82.7 Å². The van der Waals surface area contributed by atoms with Crippen molar-refractivity contribution in [3.8, 4) is 5.75 Å². The summed E-state index contributed by atoms with van der Waals surface area (Å²) in [4.78, 5) is 220. The molecule has 642 valence electrons. The van der Waals surface area contributed by atoms with Crippen LogP contribution in [0.3, 0.4) is 0 Å². The molecule has 1 saturated heterocycles. The van der Waals surface area contributed by atoms with Crippen LogP contribution in [0, 0.1) is 11.3 Å². The zero-order valence-corrected chi connectivity index (χ0v) is 66.3. The number of guanidine groups is 1. The topological polar surface area (TPSA) is 643 Å². The molecule has 118 heavy (non-hydrogen) atoms. The van der Waals surface area contributed by atoms with Gasteiger partial charge in [-0.15, -0.1) is 0 Å². The van der Waals surface area contributed by atoms with Crippen LogP contribution in [0.5, 0.6) is 5.75 Å². The summed E-state index contributed by atoms with van der Waals surface area (Å²) in [6.07, 6.45) is 3.71. The number of carboxylic acids is 1. The molecule has 5 aromatic rings. The predicted octanol–water partition coefficient (Wildman–Crippen LogP) is -4.10. The van der Waals surface area contributed by atoms with Gasteiger partial charge >= 0.3 is 5.97 Å². The number of primary amides is 1. The summed E-state index contributed by atoms with van der Waals surface area (Å²) in [7, 11) is 0. The number of imidazole rings is 1. The molecule has 1 aliphatic rings. The smallest absolute Gasteiger partial charge is 0.303 e. The molecule has 40 nitrogen and oxygen atoms in total. The minimum atomic E-state index is -1.83. The Balaban J connectivity index is 1.25. The van der Waals surface area contributed by atoms with Crippen LogP contribution in [0.15, 0.2) is 97.6 Å². The number of aromatic amines is 2. The van der Waals surface area contributed by atoms with Gasteiger partial charge in [-0.05, 0) is 105 Å². The van der Waals surface area contributed by atoms with Gasteiger partial charge in [-0.25, -0.2) is 4.98 Å². The SMILES string of the molecule is CCCC[C@H](NC(=O)[C@H](CO)NC(=O)[C@H](Cc1ccc(O)cc1)NC(=O)[C@H](CO)NC(C)=O)C(=O)N[C@@H](CCC(=O)O)C(=O)N[C@@H](Cc1cnc[nH]1)C(=O)N[C@H](Cc1ccccc1)C(=O)N[C@@H](CCCNC(=N)N)C(=O)N[C@@H](Cc1c[nH]c2ccccc12)C(=O)NCC(=O)N[C@@H](CCCCN)C(=O)N1CCC[C@H]1C(=O)N[C@@H](C(N)=O)C(C)C. The van der Waals surface area contributed by atoms with Crippen molar-refractivity contribution in [3.63, 3.8) is 0 Å². The highest BCUT2D eigenvalue weighted by Gasteiger charge is 2.41. The molecule has 0 aliphatic carbocycles. The molecule has 3 heterocycles. The van der Waals surface area contributed by atoms with Gasteiger partial charge in [-0.3, -0.25) is 77.3 Å². The van der Waals surface area contributed by atoms with Crippen LogP contribution in [-0.4, -0.2) is 247 Å². The summed E-state index contributed by atoms with van der Waals surface area (Å²) in [5, 5.41) is 81.9. The number of aromatic nitrogens is 3. The Morgan fingerprint density at radius 2 is 1.07 bits per heavy atom. The fourth-order valence-electron chi connectivity index (χ4n) is 13.1. The van der Waals surface area contributed by atoms with Crippen LogP contribution < -0.4 is 86.3 Å². The number of nitrogens with one attached hydrogen (secondary N) is 16. The minimum absolute atomic E-state index is 0.00399. The molecule has 12 atom stereocenters. The van der Waals surface area contributed by atoms with Crippen molar-refractivity contribution in [1.29, 1.82) is 5.41 Å². The maximum Gasteiger partial charge on any atom is 0.303 e. The lowest BCUT2D eigenvalue weighted by Crippen LogP contribution is -2.61. The average Bonchev–Trinajstić information content (AvgIpc) is 1.64. The molecule has 40 heteroatoms. The largest absolute Gasteiger partial charge is 0.508 e. The fraction of sp³-hybridized carbons (Fsp3) is 0.500. The summed E-state index contributed by atoms with van der Waals surface area (Å²) >= 11 is 0. The maximum absolute atomic E-state index is 15.2. The van der Waals surface area contributed by atoms with Crippen LogP contribution in [-0.2, 0) is 97.6 Å². The molecule has 0 spiro atoms. The molecular formula is C78H111N21O19. The third-order valence-corrected chi connectivity index (χ3v) is 19.5. The molecule has 14 amide bonds. The summed E-state index contributed by atoms with van der Waals surface area (Å²) in [6.45, 7) is 3.96. The summed E-state index contributed by atoms with van der Waals surface area (Å²) in [5.74, 6) is -15.1. The van der Waals surface area contributed by atoms with Gasteiger partial charge < -0.3 is 122 Å². The molecule has 2 aromatic heterocycles. The van der Waals surface area contributed by atoms with E-state index in [0.717, 1.165) is 6.92 Å². The summed E-state index contributed by atoms with van der Waals surface area (Å²) in [6, 6.07) is 3.00. The van der Waals surface area contributed by atoms with E-state index in [1.165, 1.54) is 41.7 Å². The number of para-hydroxylation sites is 1. The molecular weight excluding hydrogens is 1530 g/mol. The molecule has 26 N–H and O–H groups in total. The second-order valence-electron chi connectivity index (χ2n) is 29.0. The predicted molar refractivity (Wildman–Crippen MR) is 428 cm³/mol. The van der Waals surface area contributed by atoms with E-state index >= 15 is 14.4 Å². The van der Waals surface area contributed by atoms with Crippen LogP contribution in [0.1, 0.15) is 127 Å². The zero-order chi connectivity index (χ0) is 86.5. The Bertz CT molecular complexity index is 4240. The van der Waals surface area contributed by atoms with E-state index in [1.807, 2.05) is 0 Å². The monoisotopic (exact) mass is 1650 g/mol. The number of rotatable bonds is 50. The number of phenols is 1. The number of aliphatic hydroxyl groups is 2. The molecule has 0 radical (unpaired) electrons. The lowest BCUT2D eigenvalue weighted by molar-refractivity contribution is -0.142. The number of aliphatic hydroxyl groups excluding tert-OH is 2. The second kappa shape index (κ2) is 48.1. The highest BCUT2D eigenvalue weighted by atomic mass is 16.4. The van der Waals surface area contributed by atoms with Crippen molar-refractivity contribution in [2.75, 3.05) is 39.4 Å². The first-order chi connectivity index (χ1) is 56.3. The van der Waals surface area contributed by atoms with Gasteiger partial charge in [0.15, 0.2) is 5.96 Å². The molecule has 6 rings (SSSR count). The third kappa shape index (κ3) is 30.6. The number of phenolic OH excluding ortho intramolecular Hbond substituents is 1. The van der Waals surface area contributed by atoms with Crippen LogP contribution in [0.2, 0.25) is 0 Å². The fourth-order valence-corrected chi connectivity index (χ4v) is 13.1. The van der Waals surface area contributed by atoms with E-state index in [9.17, 15) is 78.0 Å². The van der Waals surface area contributed by atoms with Gasteiger partial charge in [0, 0.05) is 81.1 Å². The first-order valence-corrected chi connectivity index (χ1v) is 39.1. The number of hydrogen-bond acceptors (Lipinski definition) is 21. The van der Waals surface area contributed by atoms with Crippen molar-refractivity contribution in [1.82, 2.24) is 89.0 Å². The first kappa shape index (κ1) is 94.3. The number of H-pyrrole nitrogens is 2. The van der Waals surface area contributed by atoms with Gasteiger partial charge in [0.05, 0.1) is 26.1 Å². The lowest BCUT2D eigenvalue weighted by atomic mass is 10.0. The Labute approximate surface area is 680 Å². The zero-order valence-electron chi connectivity index (χ0n) is 66.3. The molecule has 0 bridgehead atoms. The highest BCUT2D eigenvalue weighted by molar-refractivity contribution is 6.00. The normalized spacial score (nSPS) is 15.2. The van der Waals surface area contributed by atoms with Crippen LogP contribution >= 0.6 is 0 Å². The first-order valence-electron chi connectivity index (χ1n) is 39.1. The maximum atomic E-state index is 15.2. The van der Waals surface area contributed by atoms with Crippen LogP contribution in [0.25, 0.3) is 10.9 Å². The third-order valence-electron chi connectivity index (χ3n) is 19.5. The number of hydrogen-bond donors (Lipinski definition) is 23. The van der Waals surface area contributed by atoms with Gasteiger partial charge in [-0.1, -0.05) is 94.3 Å². The number of carboxylic acid groups (broad SMARTS) is 1. The number of likely N-dealkylation sites (tertiary alicyclic amines) is 1. The Morgan fingerprint density at radius 3 is 1.60 bits per heavy atom. The van der Waals surface area contributed by atoms with E-state index < -0.39 is 200 Å². The van der Waals surface area contributed by atoms with Gasteiger partial charge in [0.25, 0.3) is 0 Å². The Morgan fingerprint density at radius 1 is 0.559 bits per heavy atom. The van der Waals surface area contributed by atoms with E-state index in [1.54, 1.807) is 81.6 Å². The number of nitrogens with two attached hydrogens (primary N) is 3. The quantitative estimate of drug-likeness (QED) is 0.01000. The summed E-state index contributed by atoms with van der Waals surface area (Å²) < 4.78 is 0. The Kier molecular flexibility index (Phi) is 38.4. The number of benzene rings is 3. The van der Waals surface area contributed by atoms with Crippen molar-refractivity contribution in [2.24, 2.45) is 23.1 Å². The number of nitrogens with zero attached hydrogens (tertiary/aromatic N) is 2. The summed E-state index contributed by atoms with van der Waals surface area (Å²) in [5.41, 5.74) is 19.3. The van der Waals surface area contributed by atoms with Crippen molar-refractivity contribution >= 4 is 106 Å². The number of unbranched alkanes of at least 4 members (excludes halogenated alkanes) is 2. The number of aromatic hydroxyl groups is 1. The average molecular weight is 1650 g/mol. The standard InChI is InChI=1S/C78H111N21O19/c1-5-6-19-52(91-75(116)61(41-101)97-72(113)57(34-46-24-26-49(103)27-25-46)94-74(115)60(40-100)88-44(4)102)68(109)92-54(28-29-64(105)106)70(111)96-59(36-48-38-83-42-87-48)73(114)93-56(33-45-16-8-7-9-17-45)71(112)90-53(22-14-31-84-78(81)82)69(110)95-58(35-47-37-85-51-20-11-10-18-50(47)51)67(108)86-39-63(104)89-55(21-12-13-30-79)77(118)99-32-15-23-62(99)76(117)98-65(43(2)3)66(80)107/h7-11,16-18,20,24-27,37-38,42-43,52-62,65,85,100-101,103H,5-6,12-15,19,21-23,28-36,39-41,79H2,1-4H3,(H2,80,107)(H,83,87)(H,86,108)(H,88,102)(H,89,104)(H,90,112)(H,91,116)(H,92,109)(H,93,114)(H,94,115)(H,95,110)(H,96,111)(H,97,113)(H,98,117)(H,105,106)(H4,81,82,84)/t52-,53-,54-,55-,56+,57-,58-,59-,60-,61-,62-,65+/m0/s1. The molecule has 0 saturated carbocycles. The molecule has 1 fully saturated rings. The highest BCUT2D eigenvalue weighted by Crippen LogP contribution is 2.23. The van der Waals surface area contributed by atoms with Crippen molar-refractivity contribution < 1.29 is 92.3 Å². The molecule has 1 aliphatic heterocycles. The number of amides is 14. The van der Waals surface area contributed by atoms with Crippen LogP contribution in [0.4, 0.5) is 0 Å². The molecule has 3 aromatic carbocycles. The number of aliphatic carboxylic acids is 1. The van der Waals surface area contributed by atoms with E-state index in [4.69, 9.17) is 22.6 Å². The van der Waals surface area contributed by atoms with Gasteiger partial charge in [0.1, 0.15) is 78.3 Å². The lowest BCUT2D eigenvalue weighted by Gasteiger charge is -2.30. The second-order valence-corrected chi connectivity index (χ2v) is 29.0. The van der Waals surface area contributed by atoms with Crippen molar-refractivity contribution in [2.45, 2.75) is 203 Å². The van der Waals surface area contributed by atoms with Gasteiger partial charge in [-0.2, -0.15) is 0 Å². The molecule has 0 unspecified atom stereocenters. The number of fused-ring (bicyclic) bond motifs is 1. The van der Waals surface area contributed by atoms with E-state index in [2.05, 4.69) is 84.1 Å². The number of carbonyl (C=O) groups excluding carboxylic acids is 14. The van der Waals surface area contributed by atoms with Crippen molar-refractivity contribution in [3.05, 3.63) is 120 Å².